The Morgan fingerprint density at radius 2 is 2.12 bits per heavy atom. The van der Waals surface area contributed by atoms with Crippen LogP contribution in [0.2, 0.25) is 5.02 Å². The van der Waals surface area contributed by atoms with Crippen LogP contribution in [0.5, 0.6) is 0 Å². The van der Waals surface area contributed by atoms with Gasteiger partial charge in [-0.25, -0.2) is 0 Å². The molecular weight excluding hydrogens is 265 g/mol. The number of nitro benzene ring substituents is 1. The Kier molecular flexibility index (Phi) is 7.06. The lowest BCUT2D eigenvalue weighted by Gasteiger charge is -2.11. The Balaban J connectivity index is 0.00000256. The van der Waals surface area contributed by atoms with E-state index in [1.165, 1.54) is 12.1 Å². The number of nitro groups is 1. The number of nitrogens with zero attached hydrogens (tertiary/aromatic N) is 1. The van der Waals surface area contributed by atoms with Crippen molar-refractivity contribution >= 4 is 29.7 Å². The zero-order chi connectivity index (χ0) is 12.1. The molecule has 0 radical (unpaired) electrons. The zero-order valence-corrected chi connectivity index (χ0v) is 10.7. The predicted octanol–water partition coefficient (Wildman–Crippen LogP) is 2.41. The predicted molar refractivity (Wildman–Crippen MR) is 70.6 cm³/mol. The molecule has 1 atom stereocenters. The number of hydrogen-bond donors (Lipinski definition) is 2. The molecule has 96 valence electrons. The molecule has 0 aliphatic heterocycles. The normalized spacial score (nSPS) is 11.7. The first kappa shape index (κ1) is 16.1. The molecule has 0 fully saturated rings. The maximum absolute atomic E-state index is 10.8. The van der Waals surface area contributed by atoms with E-state index >= 15 is 0 Å². The average molecular weight is 280 g/mol. The first-order valence-corrected chi connectivity index (χ1v) is 5.33. The van der Waals surface area contributed by atoms with E-state index in [9.17, 15) is 10.1 Å². The lowest BCUT2D eigenvalue weighted by atomic mass is 10.0. The van der Waals surface area contributed by atoms with Gasteiger partial charge < -0.3 is 11.5 Å². The van der Waals surface area contributed by atoms with Crippen molar-refractivity contribution < 1.29 is 4.92 Å². The second-order valence-electron chi connectivity index (χ2n) is 3.50. The van der Waals surface area contributed by atoms with Gasteiger partial charge in [-0.2, -0.15) is 0 Å². The summed E-state index contributed by atoms with van der Waals surface area (Å²) in [5.74, 6) is 0. The molecule has 1 aromatic carbocycles. The Bertz CT molecular complexity index is 388. The van der Waals surface area contributed by atoms with E-state index in [2.05, 4.69) is 0 Å². The maximum Gasteiger partial charge on any atom is 0.274 e. The highest BCUT2D eigenvalue weighted by Gasteiger charge is 2.19. The molecule has 5 nitrogen and oxygen atoms in total. The van der Waals surface area contributed by atoms with Crippen LogP contribution < -0.4 is 11.5 Å². The van der Waals surface area contributed by atoms with Crippen molar-refractivity contribution in [3.05, 3.63) is 38.9 Å². The molecule has 4 N–H and O–H groups in total. The molecule has 0 aliphatic carbocycles. The molecule has 0 aliphatic rings. The first-order chi connectivity index (χ1) is 7.56. The SMILES string of the molecule is Cl.NCCC[C@H](N)c1cc(Cl)ccc1[N+](=O)[O-]. The van der Waals surface area contributed by atoms with Crippen molar-refractivity contribution in [1.29, 1.82) is 0 Å². The van der Waals surface area contributed by atoms with Gasteiger partial charge in [0, 0.05) is 22.7 Å². The number of nitrogens with two attached hydrogens (primary N) is 2. The molecule has 0 heterocycles. The second kappa shape index (κ2) is 7.45. The first-order valence-electron chi connectivity index (χ1n) is 4.95. The summed E-state index contributed by atoms with van der Waals surface area (Å²) in [6.07, 6.45) is 1.34. The van der Waals surface area contributed by atoms with Crippen LogP contribution in [0.4, 0.5) is 5.69 Å². The van der Waals surface area contributed by atoms with E-state index in [1.807, 2.05) is 0 Å². The largest absolute Gasteiger partial charge is 0.330 e. The second-order valence-corrected chi connectivity index (χ2v) is 3.93. The van der Waals surface area contributed by atoms with Gasteiger partial charge in [-0.1, -0.05) is 11.6 Å². The molecule has 1 rings (SSSR count). The molecule has 0 saturated carbocycles. The number of benzene rings is 1. The zero-order valence-electron chi connectivity index (χ0n) is 9.14. The summed E-state index contributed by atoms with van der Waals surface area (Å²) in [4.78, 5) is 10.3. The third-order valence-corrected chi connectivity index (χ3v) is 2.54. The Morgan fingerprint density at radius 1 is 1.47 bits per heavy atom. The van der Waals surface area contributed by atoms with Crippen LogP contribution in [-0.2, 0) is 0 Å². The van der Waals surface area contributed by atoms with Crippen LogP contribution in [0.15, 0.2) is 18.2 Å². The van der Waals surface area contributed by atoms with Gasteiger partial charge in [-0.15, -0.1) is 12.4 Å². The van der Waals surface area contributed by atoms with E-state index in [4.69, 9.17) is 23.1 Å². The van der Waals surface area contributed by atoms with Crippen molar-refractivity contribution in [3.63, 3.8) is 0 Å². The van der Waals surface area contributed by atoms with Gasteiger partial charge in [0.1, 0.15) is 0 Å². The van der Waals surface area contributed by atoms with Crippen molar-refractivity contribution in [2.24, 2.45) is 11.5 Å². The maximum atomic E-state index is 10.8. The van der Waals surface area contributed by atoms with E-state index < -0.39 is 11.0 Å². The van der Waals surface area contributed by atoms with Gasteiger partial charge in [0.05, 0.1) is 4.92 Å². The lowest BCUT2D eigenvalue weighted by Crippen LogP contribution is -2.14. The van der Waals surface area contributed by atoms with Crippen LogP contribution in [-0.4, -0.2) is 11.5 Å². The highest BCUT2D eigenvalue weighted by atomic mass is 35.5. The molecule has 0 unspecified atom stereocenters. The van der Waals surface area contributed by atoms with E-state index in [0.717, 1.165) is 6.42 Å². The minimum atomic E-state index is -0.450. The van der Waals surface area contributed by atoms with E-state index in [1.54, 1.807) is 6.07 Å². The van der Waals surface area contributed by atoms with Crippen molar-refractivity contribution in [3.8, 4) is 0 Å². The minimum absolute atomic E-state index is 0. The summed E-state index contributed by atoms with van der Waals surface area (Å²) >= 11 is 5.80. The van der Waals surface area contributed by atoms with Gasteiger partial charge in [-0.05, 0) is 31.5 Å². The Hall–Kier alpha value is -0.880. The summed E-state index contributed by atoms with van der Waals surface area (Å²) in [5.41, 5.74) is 11.7. The molecule has 1 aromatic rings. The fraction of sp³-hybridized carbons (Fsp3) is 0.400. The van der Waals surface area contributed by atoms with Crippen molar-refractivity contribution in [1.82, 2.24) is 0 Å². The van der Waals surface area contributed by atoms with Crippen LogP contribution in [0.3, 0.4) is 0 Å². The summed E-state index contributed by atoms with van der Waals surface area (Å²) < 4.78 is 0. The van der Waals surface area contributed by atoms with Gasteiger partial charge >= 0.3 is 0 Å². The quantitative estimate of drug-likeness (QED) is 0.639. The summed E-state index contributed by atoms with van der Waals surface area (Å²) in [6.45, 7) is 0.516. The van der Waals surface area contributed by atoms with Gasteiger partial charge in [0.25, 0.3) is 5.69 Å². The fourth-order valence-corrected chi connectivity index (χ4v) is 1.66. The topological polar surface area (TPSA) is 95.2 Å². The molecule has 0 spiro atoms. The third-order valence-electron chi connectivity index (χ3n) is 2.30. The lowest BCUT2D eigenvalue weighted by molar-refractivity contribution is -0.385. The van der Waals surface area contributed by atoms with Gasteiger partial charge in [0.2, 0.25) is 0 Å². The van der Waals surface area contributed by atoms with Crippen molar-refractivity contribution in [2.45, 2.75) is 18.9 Å². The summed E-state index contributed by atoms with van der Waals surface area (Å²) in [6, 6.07) is 4.00. The monoisotopic (exact) mass is 279 g/mol. The summed E-state index contributed by atoms with van der Waals surface area (Å²) in [5, 5.41) is 11.2. The molecule has 7 heteroatoms. The number of halogens is 2. The third kappa shape index (κ3) is 4.47. The smallest absolute Gasteiger partial charge is 0.274 e. The molecule has 0 amide bonds. The molecule has 17 heavy (non-hydrogen) atoms. The standard InChI is InChI=1S/C10H14ClN3O2.ClH/c11-7-3-4-10(14(15)16)8(6-7)9(13)2-1-5-12;/h3-4,6,9H,1-2,5,12-13H2;1H/t9-;/m0./s1. The van der Waals surface area contributed by atoms with Crippen LogP contribution in [0, 0.1) is 10.1 Å². The Morgan fingerprint density at radius 3 is 2.65 bits per heavy atom. The van der Waals surface area contributed by atoms with Crippen molar-refractivity contribution in [2.75, 3.05) is 6.54 Å². The molecule has 0 bridgehead atoms. The van der Waals surface area contributed by atoms with E-state index in [-0.39, 0.29) is 18.1 Å². The highest BCUT2D eigenvalue weighted by molar-refractivity contribution is 6.30. The number of rotatable bonds is 5. The molecular formula is C10H15Cl2N3O2. The fourth-order valence-electron chi connectivity index (χ4n) is 1.48. The highest BCUT2D eigenvalue weighted by Crippen LogP contribution is 2.29. The average Bonchev–Trinajstić information content (AvgIpc) is 2.25. The van der Waals surface area contributed by atoms with Crippen LogP contribution in [0.25, 0.3) is 0 Å². The van der Waals surface area contributed by atoms with Gasteiger partial charge in [-0.3, -0.25) is 10.1 Å². The molecule has 0 aromatic heterocycles. The van der Waals surface area contributed by atoms with Gasteiger partial charge in [0.15, 0.2) is 0 Å². The summed E-state index contributed by atoms with van der Waals surface area (Å²) in [7, 11) is 0. The van der Waals surface area contributed by atoms with Crippen LogP contribution >= 0.6 is 24.0 Å². The number of hydrogen-bond acceptors (Lipinski definition) is 4. The van der Waals surface area contributed by atoms with Crippen LogP contribution in [0.1, 0.15) is 24.4 Å². The minimum Gasteiger partial charge on any atom is -0.330 e. The molecule has 0 saturated heterocycles. The Labute approximate surface area is 111 Å². The van der Waals surface area contributed by atoms with E-state index in [0.29, 0.717) is 23.6 Å².